The summed E-state index contributed by atoms with van der Waals surface area (Å²) in [6.45, 7) is 0.108. The van der Waals surface area contributed by atoms with Gasteiger partial charge in [0.25, 0.3) is 0 Å². The number of carboxylic acids is 1. The van der Waals surface area contributed by atoms with Gasteiger partial charge in [-0.3, -0.25) is 4.79 Å². The molecule has 0 fully saturated rings. The van der Waals surface area contributed by atoms with E-state index in [1.165, 1.54) is 0 Å². The molecule has 0 aromatic heterocycles. The second kappa shape index (κ2) is 9.63. The molecule has 2 N–H and O–H groups in total. The van der Waals surface area contributed by atoms with Gasteiger partial charge in [0.15, 0.2) is 0 Å². The van der Waals surface area contributed by atoms with Gasteiger partial charge < -0.3 is 15.2 Å². The number of carbonyl (C=O) groups is 2. The number of fused-ring (bicyclic) bond motifs is 3. The predicted octanol–water partition coefficient (Wildman–Crippen LogP) is 5.78. The quantitative estimate of drug-likeness (QED) is 0.460. The number of hydrogen-bond acceptors (Lipinski definition) is 3. The Balaban J connectivity index is 1.36. The Kier molecular flexibility index (Phi) is 6.68. The third-order valence-corrected chi connectivity index (χ3v) is 6.39. The average molecular weight is 470 g/mol. The molecule has 0 saturated heterocycles. The largest absolute Gasteiger partial charge is 0.481 e. The lowest BCUT2D eigenvalue weighted by molar-refractivity contribution is -0.141. The number of amides is 1. The maximum Gasteiger partial charge on any atom is 0.407 e. The Morgan fingerprint density at radius 1 is 0.938 bits per heavy atom. The molecule has 1 amide bonds. The minimum atomic E-state index is -1.02. The smallest absolute Gasteiger partial charge is 0.407 e. The molecule has 4 rings (SSSR count). The summed E-state index contributed by atoms with van der Waals surface area (Å²) in [7, 11) is 0. The van der Waals surface area contributed by atoms with E-state index < -0.39 is 18.0 Å². The minimum Gasteiger partial charge on any atom is -0.481 e. The first-order chi connectivity index (χ1) is 15.4. The average Bonchev–Trinajstić information content (AvgIpc) is 3.11. The third kappa shape index (κ3) is 4.74. The Bertz CT molecular complexity index is 1120. The lowest BCUT2D eigenvalue weighted by Gasteiger charge is -2.16. The lowest BCUT2D eigenvalue weighted by atomic mass is 9.98. The van der Waals surface area contributed by atoms with Gasteiger partial charge in [0.1, 0.15) is 6.61 Å². The summed E-state index contributed by atoms with van der Waals surface area (Å²) in [4.78, 5) is 24.0. The van der Waals surface area contributed by atoms with Crippen molar-refractivity contribution in [1.82, 2.24) is 5.32 Å². The van der Waals surface area contributed by atoms with Crippen LogP contribution in [0.5, 0.6) is 0 Å². The zero-order valence-electron chi connectivity index (χ0n) is 17.1. The molecular formula is C25H21Cl2NO4. The van der Waals surface area contributed by atoms with Crippen molar-refractivity contribution in [2.45, 2.75) is 12.3 Å². The number of halogens is 2. The maximum atomic E-state index is 12.3. The highest BCUT2D eigenvalue weighted by molar-refractivity contribution is 6.42. The van der Waals surface area contributed by atoms with Crippen LogP contribution < -0.4 is 5.32 Å². The van der Waals surface area contributed by atoms with Crippen LogP contribution in [-0.4, -0.2) is 30.3 Å². The lowest BCUT2D eigenvalue weighted by Crippen LogP contribution is -2.35. The predicted molar refractivity (Wildman–Crippen MR) is 124 cm³/mol. The monoisotopic (exact) mass is 469 g/mol. The highest BCUT2D eigenvalue weighted by Crippen LogP contribution is 2.44. The number of benzene rings is 3. The normalized spacial score (nSPS) is 13.2. The van der Waals surface area contributed by atoms with Gasteiger partial charge in [-0.1, -0.05) is 77.8 Å². The van der Waals surface area contributed by atoms with Crippen molar-refractivity contribution in [3.8, 4) is 11.1 Å². The van der Waals surface area contributed by atoms with Gasteiger partial charge in [0.2, 0.25) is 0 Å². The number of alkyl carbamates (subject to hydrolysis) is 1. The van der Waals surface area contributed by atoms with E-state index in [4.69, 9.17) is 27.9 Å². The van der Waals surface area contributed by atoms with E-state index in [0.717, 1.165) is 27.8 Å². The summed E-state index contributed by atoms with van der Waals surface area (Å²) in [6.07, 6.45) is -0.442. The van der Waals surface area contributed by atoms with Gasteiger partial charge in [-0.15, -0.1) is 0 Å². The zero-order chi connectivity index (χ0) is 22.7. The van der Waals surface area contributed by atoms with Gasteiger partial charge in [-0.25, -0.2) is 4.79 Å². The first-order valence-corrected chi connectivity index (χ1v) is 10.9. The third-order valence-electron chi connectivity index (χ3n) is 5.65. The molecule has 164 valence electrons. The fraction of sp³-hybridized carbons (Fsp3) is 0.200. The molecule has 0 aliphatic heterocycles. The van der Waals surface area contributed by atoms with Crippen LogP contribution in [-0.2, 0) is 16.0 Å². The molecule has 0 heterocycles. The summed E-state index contributed by atoms with van der Waals surface area (Å²) in [6, 6.07) is 21.1. The van der Waals surface area contributed by atoms with Crippen molar-refractivity contribution < 1.29 is 19.4 Å². The summed E-state index contributed by atoms with van der Waals surface area (Å²) in [5.41, 5.74) is 5.24. The van der Waals surface area contributed by atoms with Crippen molar-refractivity contribution in [3.05, 3.63) is 93.5 Å². The van der Waals surface area contributed by atoms with Gasteiger partial charge >= 0.3 is 12.1 Å². The molecule has 1 aliphatic carbocycles. The van der Waals surface area contributed by atoms with Gasteiger partial charge in [0.05, 0.1) is 16.0 Å². The van der Waals surface area contributed by atoms with E-state index in [-0.39, 0.29) is 25.5 Å². The molecule has 5 nitrogen and oxygen atoms in total. The molecule has 3 aromatic carbocycles. The van der Waals surface area contributed by atoms with Crippen LogP contribution in [0.4, 0.5) is 4.79 Å². The number of aliphatic carboxylic acids is 1. The Morgan fingerprint density at radius 3 is 2.16 bits per heavy atom. The van der Waals surface area contributed by atoms with Crippen molar-refractivity contribution >= 4 is 35.3 Å². The zero-order valence-corrected chi connectivity index (χ0v) is 18.6. The van der Waals surface area contributed by atoms with Crippen molar-refractivity contribution in [2.24, 2.45) is 5.92 Å². The molecule has 1 aliphatic rings. The van der Waals surface area contributed by atoms with Gasteiger partial charge in [-0.05, 0) is 46.4 Å². The van der Waals surface area contributed by atoms with Crippen LogP contribution in [0.25, 0.3) is 11.1 Å². The van der Waals surface area contributed by atoms with E-state index in [9.17, 15) is 14.7 Å². The van der Waals surface area contributed by atoms with Crippen LogP contribution in [0.15, 0.2) is 66.7 Å². The molecule has 1 atom stereocenters. The van der Waals surface area contributed by atoms with Crippen molar-refractivity contribution in [2.75, 3.05) is 13.2 Å². The van der Waals surface area contributed by atoms with E-state index in [0.29, 0.717) is 10.0 Å². The van der Waals surface area contributed by atoms with E-state index in [1.54, 1.807) is 18.2 Å². The fourth-order valence-electron chi connectivity index (χ4n) is 4.05. The Morgan fingerprint density at radius 2 is 1.56 bits per heavy atom. The Labute approximate surface area is 195 Å². The number of ether oxygens (including phenoxy) is 1. The topological polar surface area (TPSA) is 75.6 Å². The summed E-state index contributed by atoms with van der Waals surface area (Å²) in [5, 5.41) is 12.9. The van der Waals surface area contributed by atoms with E-state index in [2.05, 4.69) is 17.4 Å². The van der Waals surface area contributed by atoms with E-state index >= 15 is 0 Å². The fourth-order valence-corrected chi connectivity index (χ4v) is 4.37. The summed E-state index contributed by atoms with van der Waals surface area (Å²) in [5.74, 6) is -1.90. The molecule has 0 bridgehead atoms. The number of nitrogens with one attached hydrogen (secondary N) is 1. The number of carboxylic acid groups (broad SMARTS) is 1. The first kappa shape index (κ1) is 22.2. The minimum absolute atomic E-state index is 0.0559. The SMILES string of the molecule is O=C(NC[C@@H](Cc1ccc(Cl)c(Cl)c1)C(=O)O)OCC1c2ccccc2-c2ccccc21. The molecule has 0 radical (unpaired) electrons. The van der Waals surface area contributed by atoms with Crippen LogP contribution in [0, 0.1) is 5.92 Å². The summed E-state index contributed by atoms with van der Waals surface area (Å²) < 4.78 is 5.47. The van der Waals surface area contributed by atoms with Crippen molar-refractivity contribution in [1.29, 1.82) is 0 Å². The first-order valence-electron chi connectivity index (χ1n) is 10.2. The second-order valence-corrected chi connectivity index (χ2v) is 8.51. The molecular weight excluding hydrogens is 449 g/mol. The molecule has 0 unspecified atom stereocenters. The number of rotatable bonds is 7. The molecule has 0 saturated carbocycles. The summed E-state index contributed by atoms with van der Waals surface area (Å²) >= 11 is 11.9. The number of hydrogen-bond donors (Lipinski definition) is 2. The van der Waals surface area contributed by atoms with E-state index in [1.807, 2.05) is 36.4 Å². The van der Waals surface area contributed by atoms with Crippen molar-refractivity contribution in [3.63, 3.8) is 0 Å². The molecule has 0 spiro atoms. The molecule has 32 heavy (non-hydrogen) atoms. The van der Waals surface area contributed by atoms with Crippen LogP contribution >= 0.6 is 23.2 Å². The highest BCUT2D eigenvalue weighted by atomic mass is 35.5. The Hall–Kier alpha value is -3.02. The van der Waals surface area contributed by atoms with Gasteiger partial charge in [-0.2, -0.15) is 0 Å². The molecule has 7 heteroatoms. The standard InChI is InChI=1S/C25H21Cl2NO4/c26-22-10-9-15(12-23(22)27)11-16(24(29)30)13-28-25(31)32-14-21-19-7-3-1-5-17(19)18-6-2-4-8-20(18)21/h1-10,12,16,21H,11,13-14H2,(H,28,31)(H,29,30)/t16-/m1/s1. The number of carbonyl (C=O) groups excluding carboxylic acids is 1. The molecule has 3 aromatic rings. The van der Waals surface area contributed by atoms with Crippen LogP contribution in [0.3, 0.4) is 0 Å². The van der Waals surface area contributed by atoms with Gasteiger partial charge in [0, 0.05) is 12.5 Å². The van der Waals surface area contributed by atoms with Crippen LogP contribution in [0.1, 0.15) is 22.6 Å². The second-order valence-electron chi connectivity index (χ2n) is 7.69. The van der Waals surface area contributed by atoms with Crippen LogP contribution in [0.2, 0.25) is 10.0 Å². The highest BCUT2D eigenvalue weighted by Gasteiger charge is 2.29. The maximum absolute atomic E-state index is 12.3.